The maximum atomic E-state index is 6.08. The van der Waals surface area contributed by atoms with Crippen molar-refractivity contribution in [3.63, 3.8) is 0 Å². The average molecular weight is 312 g/mol. The van der Waals surface area contributed by atoms with Gasteiger partial charge in [0.05, 0.1) is 12.7 Å². The fraction of sp³-hybridized carbons (Fsp3) is 0.647. The van der Waals surface area contributed by atoms with Gasteiger partial charge in [-0.15, -0.1) is 0 Å². The standard InChI is InChI=1S/C17H26ClNO2/c1-2-15(19)12-13-11-14(18)7-8-17(13)21-10-4-6-16-5-3-9-20-16/h7-8,11,15-16H,2-6,9-10,12,19H2,1H3. The van der Waals surface area contributed by atoms with E-state index < -0.39 is 0 Å². The Labute approximate surface area is 132 Å². The molecule has 0 saturated carbocycles. The molecule has 1 heterocycles. The van der Waals surface area contributed by atoms with Gasteiger partial charge >= 0.3 is 0 Å². The zero-order valence-electron chi connectivity index (χ0n) is 12.8. The molecule has 3 nitrogen and oxygen atoms in total. The second-order valence-electron chi connectivity index (χ2n) is 5.75. The van der Waals surface area contributed by atoms with Gasteiger partial charge < -0.3 is 15.2 Å². The highest BCUT2D eigenvalue weighted by atomic mass is 35.5. The molecule has 118 valence electrons. The van der Waals surface area contributed by atoms with E-state index in [1.165, 1.54) is 12.8 Å². The van der Waals surface area contributed by atoms with Gasteiger partial charge in [0.1, 0.15) is 5.75 Å². The van der Waals surface area contributed by atoms with Gasteiger partial charge in [0.15, 0.2) is 0 Å². The third-order valence-corrected chi connectivity index (χ3v) is 4.22. The van der Waals surface area contributed by atoms with Crippen LogP contribution in [0.4, 0.5) is 0 Å². The number of rotatable bonds is 8. The van der Waals surface area contributed by atoms with Crippen LogP contribution in [0.5, 0.6) is 5.75 Å². The van der Waals surface area contributed by atoms with Crippen molar-refractivity contribution < 1.29 is 9.47 Å². The molecule has 0 aliphatic carbocycles. The normalized spacial score (nSPS) is 19.7. The van der Waals surface area contributed by atoms with Gasteiger partial charge in [-0.25, -0.2) is 0 Å². The van der Waals surface area contributed by atoms with Crippen LogP contribution in [-0.2, 0) is 11.2 Å². The first-order valence-corrected chi connectivity index (χ1v) is 8.35. The summed E-state index contributed by atoms with van der Waals surface area (Å²) in [7, 11) is 0. The van der Waals surface area contributed by atoms with E-state index in [0.717, 1.165) is 55.2 Å². The van der Waals surface area contributed by atoms with Crippen molar-refractivity contribution in [1.82, 2.24) is 0 Å². The van der Waals surface area contributed by atoms with Crippen LogP contribution in [0.3, 0.4) is 0 Å². The summed E-state index contributed by atoms with van der Waals surface area (Å²) in [5, 5.41) is 0.736. The molecule has 1 aliphatic rings. The molecule has 21 heavy (non-hydrogen) atoms. The first-order valence-electron chi connectivity index (χ1n) is 7.97. The Morgan fingerprint density at radius 3 is 3.05 bits per heavy atom. The Morgan fingerprint density at radius 2 is 2.33 bits per heavy atom. The lowest BCUT2D eigenvalue weighted by atomic mass is 10.0. The summed E-state index contributed by atoms with van der Waals surface area (Å²) in [4.78, 5) is 0. The highest BCUT2D eigenvalue weighted by Crippen LogP contribution is 2.25. The molecule has 2 N–H and O–H groups in total. The van der Waals surface area contributed by atoms with Gasteiger partial charge in [0.2, 0.25) is 0 Å². The maximum absolute atomic E-state index is 6.08. The highest BCUT2D eigenvalue weighted by Gasteiger charge is 2.15. The fourth-order valence-corrected chi connectivity index (χ4v) is 2.83. The second-order valence-corrected chi connectivity index (χ2v) is 6.19. The third-order valence-electron chi connectivity index (χ3n) is 3.98. The van der Waals surface area contributed by atoms with Crippen LogP contribution in [0.25, 0.3) is 0 Å². The van der Waals surface area contributed by atoms with Crippen LogP contribution in [0, 0.1) is 0 Å². The summed E-state index contributed by atoms with van der Waals surface area (Å²) >= 11 is 6.08. The van der Waals surface area contributed by atoms with Crippen LogP contribution < -0.4 is 10.5 Å². The Bertz CT molecular complexity index is 433. The lowest BCUT2D eigenvalue weighted by Gasteiger charge is -2.15. The molecule has 4 heteroatoms. The Balaban J connectivity index is 1.83. The van der Waals surface area contributed by atoms with E-state index in [2.05, 4.69) is 6.92 Å². The molecule has 1 aromatic carbocycles. The van der Waals surface area contributed by atoms with Crippen molar-refractivity contribution in [2.75, 3.05) is 13.2 Å². The van der Waals surface area contributed by atoms with Gasteiger partial charge in [-0.2, -0.15) is 0 Å². The molecule has 0 aromatic heterocycles. The quantitative estimate of drug-likeness (QED) is 0.739. The summed E-state index contributed by atoms with van der Waals surface area (Å²) < 4.78 is 11.5. The predicted molar refractivity (Wildman–Crippen MR) is 87.1 cm³/mol. The summed E-state index contributed by atoms with van der Waals surface area (Å²) in [6.07, 6.45) is 6.68. The van der Waals surface area contributed by atoms with E-state index in [0.29, 0.717) is 6.10 Å². The van der Waals surface area contributed by atoms with Crippen LogP contribution in [0.2, 0.25) is 5.02 Å². The molecule has 2 unspecified atom stereocenters. The molecule has 1 aliphatic heterocycles. The van der Waals surface area contributed by atoms with Gasteiger partial charge in [-0.3, -0.25) is 0 Å². The minimum absolute atomic E-state index is 0.151. The van der Waals surface area contributed by atoms with Crippen LogP contribution in [0.1, 0.15) is 44.6 Å². The minimum atomic E-state index is 0.151. The maximum Gasteiger partial charge on any atom is 0.122 e. The summed E-state index contributed by atoms with van der Waals surface area (Å²) in [5.74, 6) is 0.913. The Kier molecular flexibility index (Phi) is 6.81. The Hall–Kier alpha value is -0.770. The monoisotopic (exact) mass is 311 g/mol. The first kappa shape index (κ1) is 16.6. The molecule has 2 rings (SSSR count). The van der Waals surface area contributed by atoms with Crippen molar-refractivity contribution >= 4 is 11.6 Å². The van der Waals surface area contributed by atoms with E-state index in [1.807, 2.05) is 18.2 Å². The van der Waals surface area contributed by atoms with E-state index in [1.54, 1.807) is 0 Å². The van der Waals surface area contributed by atoms with Crippen molar-refractivity contribution in [3.8, 4) is 5.75 Å². The summed E-state index contributed by atoms with van der Waals surface area (Å²) in [5.41, 5.74) is 7.15. The molecule has 0 amide bonds. The number of hydrogen-bond acceptors (Lipinski definition) is 3. The molecule has 2 atom stereocenters. The molecule has 0 radical (unpaired) electrons. The zero-order chi connectivity index (χ0) is 15.1. The number of hydrogen-bond donors (Lipinski definition) is 1. The number of nitrogens with two attached hydrogens (primary N) is 1. The van der Waals surface area contributed by atoms with Crippen molar-refractivity contribution in [3.05, 3.63) is 28.8 Å². The number of benzene rings is 1. The van der Waals surface area contributed by atoms with Crippen molar-refractivity contribution in [1.29, 1.82) is 0 Å². The molecule has 0 bridgehead atoms. The molecule has 0 spiro atoms. The lowest BCUT2D eigenvalue weighted by molar-refractivity contribution is 0.0981. The van der Waals surface area contributed by atoms with Crippen LogP contribution in [-0.4, -0.2) is 25.4 Å². The topological polar surface area (TPSA) is 44.5 Å². The largest absolute Gasteiger partial charge is 0.493 e. The van der Waals surface area contributed by atoms with Gasteiger partial charge in [0.25, 0.3) is 0 Å². The average Bonchev–Trinajstić information content (AvgIpc) is 2.98. The fourth-order valence-electron chi connectivity index (χ4n) is 2.64. The van der Waals surface area contributed by atoms with E-state index in [9.17, 15) is 0 Å². The second kappa shape index (κ2) is 8.62. The van der Waals surface area contributed by atoms with Gasteiger partial charge in [-0.05, 0) is 62.3 Å². The summed E-state index contributed by atoms with van der Waals surface area (Å²) in [6.45, 7) is 3.73. The van der Waals surface area contributed by atoms with Gasteiger partial charge in [0, 0.05) is 17.7 Å². The minimum Gasteiger partial charge on any atom is -0.493 e. The third kappa shape index (κ3) is 5.50. The predicted octanol–water partition coefficient (Wildman–Crippen LogP) is 3.96. The lowest BCUT2D eigenvalue weighted by Crippen LogP contribution is -2.21. The summed E-state index contributed by atoms with van der Waals surface area (Å²) in [6, 6.07) is 5.94. The van der Waals surface area contributed by atoms with Crippen LogP contribution >= 0.6 is 11.6 Å². The highest BCUT2D eigenvalue weighted by molar-refractivity contribution is 6.30. The molecular formula is C17H26ClNO2. The molecule has 1 fully saturated rings. The number of ether oxygens (including phenoxy) is 2. The molecule has 1 aromatic rings. The van der Waals surface area contributed by atoms with E-state index in [-0.39, 0.29) is 6.04 Å². The number of halogens is 1. The van der Waals surface area contributed by atoms with Crippen molar-refractivity contribution in [2.45, 2.75) is 57.6 Å². The van der Waals surface area contributed by atoms with E-state index in [4.69, 9.17) is 26.8 Å². The molecule has 1 saturated heterocycles. The van der Waals surface area contributed by atoms with Crippen LogP contribution in [0.15, 0.2) is 18.2 Å². The van der Waals surface area contributed by atoms with E-state index >= 15 is 0 Å². The zero-order valence-corrected chi connectivity index (χ0v) is 13.6. The van der Waals surface area contributed by atoms with Crippen molar-refractivity contribution in [2.24, 2.45) is 5.73 Å². The first-order chi connectivity index (χ1) is 10.2. The Morgan fingerprint density at radius 1 is 1.48 bits per heavy atom. The SMILES string of the molecule is CCC(N)Cc1cc(Cl)ccc1OCCCC1CCCO1. The molecular weight excluding hydrogens is 286 g/mol. The smallest absolute Gasteiger partial charge is 0.122 e. The van der Waals surface area contributed by atoms with Gasteiger partial charge in [-0.1, -0.05) is 18.5 Å².